The van der Waals surface area contributed by atoms with Crippen LogP contribution in [-0.4, -0.2) is 26.0 Å². The molecular formula is C14H19N3O. The van der Waals surface area contributed by atoms with Crippen molar-refractivity contribution in [2.75, 3.05) is 0 Å². The summed E-state index contributed by atoms with van der Waals surface area (Å²) in [6.45, 7) is 4.88. The summed E-state index contributed by atoms with van der Waals surface area (Å²) < 4.78 is 1.95. The first kappa shape index (κ1) is 12.8. The van der Waals surface area contributed by atoms with E-state index >= 15 is 0 Å². The average Bonchev–Trinajstić information content (AvgIpc) is 2.70. The van der Waals surface area contributed by atoms with Crippen molar-refractivity contribution in [2.24, 2.45) is 0 Å². The van der Waals surface area contributed by atoms with Gasteiger partial charge in [0, 0.05) is 31.1 Å². The van der Waals surface area contributed by atoms with Crippen molar-refractivity contribution in [3.05, 3.63) is 47.5 Å². The van der Waals surface area contributed by atoms with Crippen LogP contribution in [0.1, 0.15) is 23.9 Å². The van der Waals surface area contributed by atoms with Crippen molar-refractivity contribution < 1.29 is 5.11 Å². The lowest BCUT2D eigenvalue weighted by Crippen LogP contribution is -2.16. The minimum absolute atomic E-state index is 0.381. The topological polar surface area (TPSA) is 50.9 Å². The van der Waals surface area contributed by atoms with Crippen LogP contribution in [0.2, 0.25) is 0 Å². The Bertz CT molecular complexity index is 493. The molecule has 4 nitrogen and oxygen atoms in total. The van der Waals surface area contributed by atoms with Crippen LogP contribution in [0.5, 0.6) is 0 Å². The zero-order valence-electron chi connectivity index (χ0n) is 10.9. The quantitative estimate of drug-likeness (QED) is 0.873. The minimum Gasteiger partial charge on any atom is -0.392 e. The standard InChI is InChI=1S/C14H19N3O/c1-3-17-13(8-11(2)16-17)10-14(18)9-12-4-6-15-7-5-12/h4-8,14,18H,3,9-10H2,1-2H3. The van der Waals surface area contributed by atoms with E-state index in [1.807, 2.05) is 29.8 Å². The van der Waals surface area contributed by atoms with E-state index in [9.17, 15) is 5.11 Å². The molecule has 1 unspecified atom stereocenters. The fourth-order valence-electron chi connectivity index (χ4n) is 2.14. The van der Waals surface area contributed by atoms with Gasteiger partial charge in [0.05, 0.1) is 11.8 Å². The molecule has 2 aromatic rings. The first-order valence-corrected chi connectivity index (χ1v) is 6.29. The van der Waals surface area contributed by atoms with Crippen LogP contribution < -0.4 is 0 Å². The third-order valence-corrected chi connectivity index (χ3v) is 2.95. The second-order valence-electron chi connectivity index (χ2n) is 4.51. The molecule has 0 aliphatic rings. The van der Waals surface area contributed by atoms with Gasteiger partial charge >= 0.3 is 0 Å². The van der Waals surface area contributed by atoms with Crippen LogP contribution in [0.15, 0.2) is 30.6 Å². The van der Waals surface area contributed by atoms with Crippen molar-refractivity contribution in [3.63, 3.8) is 0 Å². The van der Waals surface area contributed by atoms with Crippen LogP contribution in [0.4, 0.5) is 0 Å². The Morgan fingerprint density at radius 1 is 1.28 bits per heavy atom. The summed E-state index contributed by atoms with van der Waals surface area (Å²) in [5.41, 5.74) is 3.20. The van der Waals surface area contributed by atoms with Gasteiger partial charge in [-0.15, -0.1) is 0 Å². The van der Waals surface area contributed by atoms with Crippen molar-refractivity contribution in [1.82, 2.24) is 14.8 Å². The summed E-state index contributed by atoms with van der Waals surface area (Å²) in [4.78, 5) is 3.97. The van der Waals surface area contributed by atoms with Crippen molar-refractivity contribution >= 4 is 0 Å². The summed E-state index contributed by atoms with van der Waals surface area (Å²) in [5, 5.41) is 14.5. The molecule has 0 amide bonds. The lowest BCUT2D eigenvalue weighted by Gasteiger charge is -2.11. The van der Waals surface area contributed by atoms with Crippen molar-refractivity contribution in [3.8, 4) is 0 Å². The average molecular weight is 245 g/mol. The van der Waals surface area contributed by atoms with Gasteiger partial charge in [0.2, 0.25) is 0 Å². The van der Waals surface area contributed by atoms with Gasteiger partial charge in [0.25, 0.3) is 0 Å². The van der Waals surface area contributed by atoms with E-state index in [1.54, 1.807) is 12.4 Å². The maximum atomic E-state index is 10.1. The zero-order valence-corrected chi connectivity index (χ0v) is 10.9. The Hall–Kier alpha value is -1.68. The molecule has 96 valence electrons. The first-order chi connectivity index (χ1) is 8.69. The van der Waals surface area contributed by atoms with E-state index in [2.05, 4.69) is 17.0 Å². The Kier molecular flexibility index (Phi) is 4.10. The minimum atomic E-state index is -0.381. The van der Waals surface area contributed by atoms with Gasteiger partial charge in [-0.2, -0.15) is 5.10 Å². The smallest absolute Gasteiger partial charge is 0.0635 e. The number of aromatic nitrogens is 3. The van der Waals surface area contributed by atoms with Gasteiger partial charge in [-0.25, -0.2) is 0 Å². The molecule has 4 heteroatoms. The van der Waals surface area contributed by atoms with Gasteiger partial charge in [0.15, 0.2) is 0 Å². The highest BCUT2D eigenvalue weighted by Crippen LogP contribution is 2.10. The second-order valence-corrected chi connectivity index (χ2v) is 4.51. The van der Waals surface area contributed by atoms with E-state index in [1.165, 1.54) is 0 Å². The monoisotopic (exact) mass is 245 g/mol. The van der Waals surface area contributed by atoms with Crippen LogP contribution in [0, 0.1) is 6.92 Å². The van der Waals surface area contributed by atoms with Gasteiger partial charge in [-0.05, 0) is 44.0 Å². The maximum Gasteiger partial charge on any atom is 0.0635 e. The predicted octanol–water partition coefficient (Wildman–Crippen LogP) is 1.75. The Morgan fingerprint density at radius 2 is 2.00 bits per heavy atom. The summed E-state index contributed by atoms with van der Waals surface area (Å²) >= 11 is 0. The molecule has 0 radical (unpaired) electrons. The van der Waals surface area contributed by atoms with Crippen LogP contribution in [0.3, 0.4) is 0 Å². The first-order valence-electron chi connectivity index (χ1n) is 6.29. The highest BCUT2D eigenvalue weighted by atomic mass is 16.3. The SMILES string of the molecule is CCn1nc(C)cc1CC(O)Cc1ccncc1. The summed E-state index contributed by atoms with van der Waals surface area (Å²) in [6, 6.07) is 5.91. The van der Waals surface area contributed by atoms with Crippen molar-refractivity contribution in [2.45, 2.75) is 39.3 Å². The van der Waals surface area contributed by atoms with Crippen molar-refractivity contribution in [1.29, 1.82) is 0 Å². The fraction of sp³-hybridized carbons (Fsp3) is 0.429. The molecule has 2 aromatic heterocycles. The number of rotatable bonds is 5. The van der Waals surface area contributed by atoms with E-state index in [4.69, 9.17) is 0 Å². The van der Waals surface area contributed by atoms with Gasteiger partial charge < -0.3 is 5.11 Å². The van der Waals surface area contributed by atoms with Crippen LogP contribution in [-0.2, 0) is 19.4 Å². The molecular weight excluding hydrogens is 226 g/mol. The molecule has 2 rings (SSSR count). The van der Waals surface area contributed by atoms with E-state index < -0.39 is 0 Å². The van der Waals surface area contributed by atoms with E-state index in [0.29, 0.717) is 12.8 Å². The van der Waals surface area contributed by atoms with E-state index in [-0.39, 0.29) is 6.10 Å². The number of aryl methyl sites for hydroxylation is 2. The van der Waals surface area contributed by atoms with Crippen LogP contribution >= 0.6 is 0 Å². The van der Waals surface area contributed by atoms with Gasteiger partial charge in [0.1, 0.15) is 0 Å². The lowest BCUT2D eigenvalue weighted by atomic mass is 10.1. The molecule has 2 heterocycles. The fourth-order valence-corrected chi connectivity index (χ4v) is 2.14. The Balaban J connectivity index is 2.00. The number of aliphatic hydroxyl groups excluding tert-OH is 1. The molecule has 0 aromatic carbocycles. The highest BCUT2D eigenvalue weighted by Gasteiger charge is 2.11. The summed E-state index contributed by atoms with van der Waals surface area (Å²) in [7, 11) is 0. The second kappa shape index (κ2) is 5.78. The molecule has 0 aliphatic carbocycles. The molecule has 1 atom stereocenters. The molecule has 0 saturated carbocycles. The number of hydrogen-bond acceptors (Lipinski definition) is 3. The normalized spacial score (nSPS) is 12.6. The maximum absolute atomic E-state index is 10.1. The molecule has 18 heavy (non-hydrogen) atoms. The number of nitrogens with zero attached hydrogens (tertiary/aromatic N) is 3. The molecule has 0 bridgehead atoms. The largest absolute Gasteiger partial charge is 0.392 e. The number of hydrogen-bond donors (Lipinski definition) is 1. The molecule has 0 spiro atoms. The number of pyridine rings is 1. The predicted molar refractivity (Wildman–Crippen MR) is 70.3 cm³/mol. The third kappa shape index (κ3) is 3.17. The summed E-state index contributed by atoms with van der Waals surface area (Å²) in [5.74, 6) is 0. The molecule has 0 saturated heterocycles. The summed E-state index contributed by atoms with van der Waals surface area (Å²) in [6.07, 6.45) is 4.41. The Labute approximate surface area is 107 Å². The number of aliphatic hydroxyl groups is 1. The molecule has 1 N–H and O–H groups in total. The van der Waals surface area contributed by atoms with Gasteiger partial charge in [-0.3, -0.25) is 9.67 Å². The molecule has 0 aliphatic heterocycles. The highest BCUT2D eigenvalue weighted by molar-refractivity contribution is 5.14. The van der Waals surface area contributed by atoms with Gasteiger partial charge in [-0.1, -0.05) is 0 Å². The zero-order chi connectivity index (χ0) is 13.0. The molecule has 0 fully saturated rings. The van der Waals surface area contributed by atoms with E-state index in [0.717, 1.165) is 23.5 Å². The lowest BCUT2D eigenvalue weighted by molar-refractivity contribution is 0.172. The van der Waals surface area contributed by atoms with Crippen LogP contribution in [0.25, 0.3) is 0 Å². The third-order valence-electron chi connectivity index (χ3n) is 2.95. The Morgan fingerprint density at radius 3 is 2.67 bits per heavy atom.